The van der Waals surface area contributed by atoms with Gasteiger partial charge in [-0.3, -0.25) is 9.48 Å². The Hall–Kier alpha value is -4.97. The number of pyridine rings is 1. The number of aromatic nitrogens is 5. The third kappa shape index (κ3) is 8.12. The summed E-state index contributed by atoms with van der Waals surface area (Å²) in [6.45, 7) is 3.08. The number of rotatable bonds is 12. The van der Waals surface area contributed by atoms with Crippen LogP contribution in [-0.4, -0.2) is 63.2 Å². The Kier molecular flexibility index (Phi) is 10.4. The number of ketones is 1. The Bertz CT molecular complexity index is 2820. The average molecular weight is 818 g/mol. The Balaban J connectivity index is 1.41. The van der Waals surface area contributed by atoms with Crippen molar-refractivity contribution in [1.29, 1.82) is 0 Å². The molecule has 6 aromatic rings. The lowest BCUT2D eigenvalue weighted by atomic mass is 9.86. The van der Waals surface area contributed by atoms with E-state index in [-0.39, 0.29) is 52.9 Å². The number of imidazole rings is 1. The first-order chi connectivity index (χ1) is 26.4. The van der Waals surface area contributed by atoms with Crippen molar-refractivity contribution < 1.29 is 30.4 Å². The molecule has 1 fully saturated rings. The van der Waals surface area contributed by atoms with E-state index >= 15 is 0 Å². The summed E-state index contributed by atoms with van der Waals surface area (Å²) in [5.74, 6) is 2.96. The number of fused-ring (bicyclic) bond motifs is 2. The van der Waals surface area contributed by atoms with Crippen LogP contribution in [0.2, 0.25) is 5.02 Å². The minimum atomic E-state index is -3.55. The zero-order valence-corrected chi connectivity index (χ0v) is 33.4. The van der Waals surface area contributed by atoms with Gasteiger partial charge in [0.15, 0.2) is 25.5 Å². The molecule has 3 aromatic heterocycles. The van der Waals surface area contributed by atoms with Crippen LogP contribution in [0.5, 0.6) is 0 Å². The fourth-order valence-corrected chi connectivity index (χ4v) is 9.88. The fourth-order valence-electron chi connectivity index (χ4n) is 7.13. The van der Waals surface area contributed by atoms with Crippen LogP contribution in [0.1, 0.15) is 61.7 Å². The van der Waals surface area contributed by atoms with Crippen molar-refractivity contribution in [2.24, 2.45) is 7.05 Å². The number of hydrogen-bond acceptors (Lipinski definition) is 8. The van der Waals surface area contributed by atoms with Crippen LogP contribution in [0.3, 0.4) is 0 Å². The van der Waals surface area contributed by atoms with Crippen molar-refractivity contribution in [2.45, 2.75) is 67.7 Å². The highest BCUT2D eigenvalue weighted by Gasteiger charge is 2.45. The van der Waals surface area contributed by atoms with Crippen molar-refractivity contribution in [3.05, 3.63) is 112 Å². The molecule has 0 amide bonds. The van der Waals surface area contributed by atoms with Crippen LogP contribution in [0.4, 0.5) is 8.78 Å². The molecule has 0 saturated heterocycles. The monoisotopic (exact) mass is 817 g/mol. The average Bonchev–Trinajstić information content (AvgIpc) is 3.84. The lowest BCUT2D eigenvalue weighted by Gasteiger charge is -2.21. The summed E-state index contributed by atoms with van der Waals surface area (Å²) in [7, 11) is -5.40. The maximum Gasteiger partial charge on any atom is 0.169 e. The van der Waals surface area contributed by atoms with E-state index in [1.54, 1.807) is 56.1 Å². The number of benzene rings is 3. The quantitative estimate of drug-likeness (QED) is 0.119. The lowest BCUT2D eigenvalue weighted by molar-refractivity contribution is -0.120. The van der Waals surface area contributed by atoms with E-state index in [0.717, 1.165) is 17.8 Å². The molecule has 290 valence electrons. The molecule has 1 saturated carbocycles. The molecule has 0 radical (unpaired) electrons. The highest BCUT2D eigenvalue weighted by molar-refractivity contribution is 7.93. The Morgan fingerprint density at radius 3 is 2.39 bits per heavy atom. The molecule has 0 bridgehead atoms. The molecule has 15 heteroatoms. The molecule has 1 atom stereocenters. The zero-order chi connectivity index (χ0) is 40.2. The second-order valence-corrected chi connectivity index (χ2v) is 20.2. The van der Waals surface area contributed by atoms with Gasteiger partial charge in [0.1, 0.15) is 22.1 Å². The summed E-state index contributed by atoms with van der Waals surface area (Å²) in [5.41, 5.74) is 4.15. The van der Waals surface area contributed by atoms with Gasteiger partial charge in [-0.05, 0) is 87.1 Å². The number of sulfone groups is 2. The minimum Gasteiger partial charge on any atom is -0.323 e. The highest BCUT2D eigenvalue weighted by Crippen LogP contribution is 2.40. The summed E-state index contributed by atoms with van der Waals surface area (Å²) < 4.78 is 82.4. The Labute approximate surface area is 328 Å². The fraction of sp³-hybridized carbons (Fsp3) is 0.317. The number of para-hydroxylation sites is 2. The van der Waals surface area contributed by atoms with Crippen LogP contribution in [-0.2, 0) is 50.2 Å². The van der Waals surface area contributed by atoms with Gasteiger partial charge in [-0.1, -0.05) is 35.7 Å². The third-order valence-corrected chi connectivity index (χ3v) is 13.9. The maximum atomic E-state index is 14.6. The molecule has 0 N–H and O–H groups in total. The van der Waals surface area contributed by atoms with E-state index in [0.29, 0.717) is 46.1 Å². The molecular weight excluding hydrogens is 780 g/mol. The molecule has 0 unspecified atom stereocenters. The molecule has 0 spiro atoms. The molecule has 1 aliphatic carbocycles. The van der Waals surface area contributed by atoms with E-state index in [1.165, 1.54) is 16.8 Å². The number of nitrogens with zero attached hydrogens (tertiary/aromatic N) is 5. The number of Topliss-reactive ketones (excluding diaryl/α,β-unsaturated/α-hetero) is 1. The van der Waals surface area contributed by atoms with Crippen LogP contribution < -0.4 is 0 Å². The number of aryl methyl sites for hydroxylation is 1. The topological polar surface area (TPSA) is 134 Å². The molecule has 3 heterocycles. The van der Waals surface area contributed by atoms with Gasteiger partial charge in [0, 0.05) is 48.2 Å². The van der Waals surface area contributed by atoms with Gasteiger partial charge in [0.05, 0.1) is 56.8 Å². The van der Waals surface area contributed by atoms with E-state index in [1.807, 2.05) is 24.3 Å². The van der Waals surface area contributed by atoms with Crippen LogP contribution in [0.15, 0.2) is 73.1 Å². The molecule has 10 nitrogen and oxygen atoms in total. The lowest BCUT2D eigenvalue weighted by Crippen LogP contribution is -2.33. The van der Waals surface area contributed by atoms with Gasteiger partial charge in [0.25, 0.3) is 0 Å². The van der Waals surface area contributed by atoms with Gasteiger partial charge >= 0.3 is 0 Å². The first kappa shape index (κ1) is 39.3. The number of carbonyl (C=O) groups excluding carboxylic acids is 1. The summed E-state index contributed by atoms with van der Waals surface area (Å²) in [6.07, 6.45) is 3.73. The first-order valence-corrected chi connectivity index (χ1v) is 21.8. The molecule has 3 aromatic carbocycles. The SMILES string of the molecule is Cn1nc(CS(C)(=O)=O)c2c(Cl)ccc(-c3ccc(C#CC(C)(C)S(=O)(=O)C4CC4)nc3[C@@H](CC(=O)Cn3cnc4ccccc43)Cc3cc(F)cc(F)c3)c21. The largest absolute Gasteiger partial charge is 0.323 e. The van der Waals surface area contributed by atoms with Crippen molar-refractivity contribution in [2.75, 3.05) is 6.26 Å². The standard InChI is InChI=1S/C41H38ClF2N5O5S2/c1-41(2,56(53,54)31-10-11-31)16-15-29-9-12-32(33-13-14-34(42)38-36(23-55(4,51)52)47-48(3)40(33)38)39(46-29)26(17-25-18-27(43)21-28(44)19-25)20-30(50)22-49-24-45-35-7-5-6-8-37(35)49/h5-9,12-14,18-19,21,24,26,31H,10-11,17,20,22-23H2,1-4H3/t26-/m1/s1. The molecule has 7 rings (SSSR count). The summed E-state index contributed by atoms with van der Waals surface area (Å²) in [6, 6.07) is 17.3. The van der Waals surface area contributed by atoms with Crippen LogP contribution in [0, 0.1) is 23.5 Å². The molecule has 1 aliphatic rings. The van der Waals surface area contributed by atoms with Crippen molar-refractivity contribution >= 4 is 59.0 Å². The van der Waals surface area contributed by atoms with Crippen molar-refractivity contribution in [3.8, 4) is 23.0 Å². The van der Waals surface area contributed by atoms with E-state index < -0.39 is 47.2 Å². The van der Waals surface area contributed by atoms with Crippen LogP contribution >= 0.6 is 11.6 Å². The second kappa shape index (κ2) is 14.8. The summed E-state index contributed by atoms with van der Waals surface area (Å²) >= 11 is 6.70. The Morgan fingerprint density at radius 2 is 1.70 bits per heavy atom. The third-order valence-electron chi connectivity index (χ3n) is 9.93. The number of carbonyl (C=O) groups is 1. The van der Waals surface area contributed by atoms with Gasteiger partial charge in [-0.25, -0.2) is 35.6 Å². The number of hydrogen-bond donors (Lipinski definition) is 0. The first-order valence-electron chi connectivity index (χ1n) is 17.9. The number of halogens is 3. The van der Waals surface area contributed by atoms with Gasteiger partial charge < -0.3 is 4.57 Å². The van der Waals surface area contributed by atoms with E-state index in [4.69, 9.17) is 16.6 Å². The summed E-state index contributed by atoms with van der Waals surface area (Å²) in [5, 5.41) is 4.78. The van der Waals surface area contributed by atoms with Gasteiger partial charge in [0.2, 0.25) is 0 Å². The predicted molar refractivity (Wildman–Crippen MR) is 213 cm³/mol. The van der Waals surface area contributed by atoms with Crippen LogP contribution in [0.25, 0.3) is 33.1 Å². The minimum absolute atomic E-state index is 0.00895. The van der Waals surface area contributed by atoms with Gasteiger partial charge in [-0.2, -0.15) is 5.10 Å². The van der Waals surface area contributed by atoms with E-state index in [2.05, 4.69) is 21.9 Å². The second-order valence-electron chi connectivity index (χ2n) is 14.9. The van der Waals surface area contributed by atoms with Gasteiger partial charge in [-0.15, -0.1) is 0 Å². The highest BCUT2D eigenvalue weighted by atomic mass is 35.5. The zero-order valence-electron chi connectivity index (χ0n) is 31.1. The molecular formula is C41H38ClF2N5O5S2. The molecule has 0 aliphatic heterocycles. The van der Waals surface area contributed by atoms with E-state index in [9.17, 15) is 30.4 Å². The maximum absolute atomic E-state index is 14.6. The molecule has 56 heavy (non-hydrogen) atoms. The Morgan fingerprint density at radius 1 is 1.00 bits per heavy atom. The normalized spacial score (nSPS) is 14.2. The van der Waals surface area contributed by atoms with Crippen molar-refractivity contribution in [3.63, 3.8) is 0 Å². The predicted octanol–water partition coefficient (Wildman–Crippen LogP) is 7.15. The summed E-state index contributed by atoms with van der Waals surface area (Å²) in [4.78, 5) is 23.4. The smallest absolute Gasteiger partial charge is 0.169 e. The van der Waals surface area contributed by atoms with Crippen molar-refractivity contribution in [1.82, 2.24) is 24.3 Å².